The molecule has 0 spiro atoms. The molecule has 0 aliphatic rings. The van der Waals surface area contributed by atoms with Crippen LogP contribution >= 0.6 is 11.6 Å². The fraction of sp³-hybridized carbons (Fsp3) is 0.111. The van der Waals surface area contributed by atoms with E-state index >= 15 is 0 Å². The molecule has 0 radical (unpaired) electrons. The molecule has 0 heterocycles. The fourth-order valence-electron chi connectivity index (χ4n) is 2.68. The summed E-state index contributed by atoms with van der Waals surface area (Å²) in [7, 11) is 0. The first-order chi connectivity index (χ1) is 10.2. The van der Waals surface area contributed by atoms with Crippen molar-refractivity contribution in [2.45, 2.75) is 6.92 Å². The topological polar surface area (TPSA) is 29.3 Å². The molecule has 3 rings (SSSR count). The van der Waals surface area contributed by atoms with Crippen LogP contribution < -0.4 is 10.6 Å². The molecule has 0 saturated heterocycles. The molecule has 2 N–H and O–H groups in total. The molecule has 0 aliphatic carbocycles. The molecule has 21 heavy (non-hydrogen) atoms. The second-order valence-electron chi connectivity index (χ2n) is 4.92. The van der Waals surface area contributed by atoms with Gasteiger partial charge in [0.15, 0.2) is 0 Å². The highest BCUT2D eigenvalue weighted by molar-refractivity contribution is 6.33. The predicted molar refractivity (Wildman–Crippen MR) is 92.5 cm³/mol. The van der Waals surface area contributed by atoms with Crippen molar-refractivity contribution in [3.05, 3.63) is 65.7 Å². The van der Waals surface area contributed by atoms with Gasteiger partial charge in [0.25, 0.3) is 0 Å². The molecule has 3 aromatic carbocycles. The SMILES string of the molecule is CCN(c1cccc(Cl)c1N)c1cccc2ccccc12. The third-order valence-electron chi connectivity index (χ3n) is 3.69. The van der Waals surface area contributed by atoms with E-state index in [2.05, 4.69) is 54.3 Å². The van der Waals surface area contributed by atoms with Gasteiger partial charge in [-0.2, -0.15) is 0 Å². The van der Waals surface area contributed by atoms with Crippen molar-refractivity contribution in [1.29, 1.82) is 0 Å². The van der Waals surface area contributed by atoms with Crippen LogP contribution in [0.2, 0.25) is 5.02 Å². The molecule has 0 atom stereocenters. The fourth-order valence-corrected chi connectivity index (χ4v) is 2.84. The Morgan fingerprint density at radius 1 is 0.905 bits per heavy atom. The van der Waals surface area contributed by atoms with E-state index in [1.54, 1.807) is 0 Å². The zero-order valence-corrected chi connectivity index (χ0v) is 12.6. The molecular formula is C18H17ClN2. The summed E-state index contributed by atoms with van der Waals surface area (Å²) in [5, 5.41) is 3.02. The smallest absolute Gasteiger partial charge is 0.0744 e. The number of benzene rings is 3. The summed E-state index contributed by atoms with van der Waals surface area (Å²) in [6, 6.07) is 20.4. The third-order valence-corrected chi connectivity index (χ3v) is 4.02. The lowest BCUT2D eigenvalue weighted by atomic mass is 10.1. The van der Waals surface area contributed by atoms with Crippen LogP contribution in [-0.4, -0.2) is 6.54 Å². The average Bonchev–Trinajstić information content (AvgIpc) is 2.52. The standard InChI is InChI=1S/C18H17ClN2/c1-2-21(17-12-6-10-15(19)18(17)20)16-11-5-8-13-7-3-4-9-14(13)16/h3-12H,2,20H2,1H3. The second-order valence-corrected chi connectivity index (χ2v) is 5.32. The molecule has 3 aromatic rings. The van der Waals surface area contributed by atoms with E-state index in [1.807, 2.05) is 18.2 Å². The van der Waals surface area contributed by atoms with Crippen molar-refractivity contribution in [1.82, 2.24) is 0 Å². The van der Waals surface area contributed by atoms with Gasteiger partial charge in [-0.25, -0.2) is 0 Å². The molecule has 3 heteroatoms. The van der Waals surface area contributed by atoms with Gasteiger partial charge >= 0.3 is 0 Å². The van der Waals surface area contributed by atoms with Gasteiger partial charge in [-0.1, -0.05) is 54.1 Å². The summed E-state index contributed by atoms with van der Waals surface area (Å²) in [4.78, 5) is 2.20. The summed E-state index contributed by atoms with van der Waals surface area (Å²) in [5.41, 5.74) is 8.88. The Morgan fingerprint density at radius 2 is 1.57 bits per heavy atom. The number of halogens is 1. The van der Waals surface area contributed by atoms with Crippen LogP contribution in [0.5, 0.6) is 0 Å². The minimum absolute atomic E-state index is 0.589. The van der Waals surface area contributed by atoms with Crippen LogP contribution in [0.25, 0.3) is 10.8 Å². The molecule has 0 aromatic heterocycles. The Hall–Kier alpha value is -2.19. The monoisotopic (exact) mass is 296 g/mol. The first-order valence-electron chi connectivity index (χ1n) is 7.01. The summed E-state index contributed by atoms with van der Waals surface area (Å²) in [6.07, 6.45) is 0. The summed E-state index contributed by atoms with van der Waals surface area (Å²) >= 11 is 6.17. The number of fused-ring (bicyclic) bond motifs is 1. The van der Waals surface area contributed by atoms with Crippen molar-refractivity contribution in [3.63, 3.8) is 0 Å². The van der Waals surface area contributed by atoms with Crippen LogP contribution in [0.1, 0.15) is 6.92 Å². The van der Waals surface area contributed by atoms with Crippen LogP contribution in [-0.2, 0) is 0 Å². The molecule has 0 bridgehead atoms. The van der Waals surface area contributed by atoms with E-state index in [1.165, 1.54) is 10.8 Å². The molecule has 106 valence electrons. The highest BCUT2D eigenvalue weighted by atomic mass is 35.5. The number of anilines is 3. The Labute approximate surface area is 129 Å². The van der Waals surface area contributed by atoms with E-state index < -0.39 is 0 Å². The van der Waals surface area contributed by atoms with Crippen LogP contribution in [0, 0.1) is 0 Å². The maximum atomic E-state index is 6.17. The number of hydrogen-bond donors (Lipinski definition) is 1. The van der Waals surface area contributed by atoms with Crippen LogP contribution in [0.3, 0.4) is 0 Å². The minimum Gasteiger partial charge on any atom is -0.396 e. The maximum Gasteiger partial charge on any atom is 0.0744 e. The molecule has 0 unspecified atom stereocenters. The number of hydrogen-bond acceptors (Lipinski definition) is 2. The zero-order chi connectivity index (χ0) is 14.8. The minimum atomic E-state index is 0.589. The van der Waals surface area contributed by atoms with Crippen molar-refractivity contribution in [2.24, 2.45) is 0 Å². The van der Waals surface area contributed by atoms with Gasteiger partial charge in [-0.05, 0) is 30.5 Å². The van der Waals surface area contributed by atoms with E-state index in [4.69, 9.17) is 17.3 Å². The largest absolute Gasteiger partial charge is 0.396 e. The lowest BCUT2D eigenvalue weighted by molar-refractivity contribution is 1.03. The van der Waals surface area contributed by atoms with E-state index in [0.29, 0.717) is 10.7 Å². The highest BCUT2D eigenvalue weighted by Crippen LogP contribution is 2.37. The highest BCUT2D eigenvalue weighted by Gasteiger charge is 2.14. The lowest BCUT2D eigenvalue weighted by Crippen LogP contribution is -2.17. The van der Waals surface area contributed by atoms with Gasteiger partial charge in [0.05, 0.1) is 16.4 Å². The number of rotatable bonds is 3. The molecule has 0 aliphatic heterocycles. The first kappa shape index (κ1) is 13.8. The zero-order valence-electron chi connectivity index (χ0n) is 11.9. The van der Waals surface area contributed by atoms with Crippen LogP contribution in [0.15, 0.2) is 60.7 Å². The maximum absolute atomic E-state index is 6.17. The van der Waals surface area contributed by atoms with Crippen LogP contribution in [0.4, 0.5) is 17.1 Å². The van der Waals surface area contributed by atoms with Crippen molar-refractivity contribution in [2.75, 3.05) is 17.2 Å². The van der Waals surface area contributed by atoms with Gasteiger partial charge in [-0.15, -0.1) is 0 Å². The summed E-state index contributed by atoms with van der Waals surface area (Å²) < 4.78 is 0. The summed E-state index contributed by atoms with van der Waals surface area (Å²) in [5.74, 6) is 0. The van der Waals surface area contributed by atoms with Crippen molar-refractivity contribution >= 4 is 39.4 Å². The van der Waals surface area contributed by atoms with Crippen molar-refractivity contribution in [3.8, 4) is 0 Å². The molecule has 0 fully saturated rings. The van der Waals surface area contributed by atoms with Gasteiger partial charge in [0.1, 0.15) is 0 Å². The average molecular weight is 297 g/mol. The third kappa shape index (κ3) is 2.43. The Balaban J connectivity index is 2.21. The van der Waals surface area contributed by atoms with E-state index in [0.717, 1.165) is 17.9 Å². The van der Waals surface area contributed by atoms with Gasteiger partial charge in [-0.3, -0.25) is 0 Å². The number of nitrogens with zero attached hydrogens (tertiary/aromatic N) is 1. The molecule has 0 saturated carbocycles. The predicted octanol–water partition coefficient (Wildman–Crippen LogP) is 5.23. The van der Waals surface area contributed by atoms with Crippen molar-refractivity contribution < 1.29 is 0 Å². The first-order valence-corrected chi connectivity index (χ1v) is 7.39. The Morgan fingerprint density at radius 3 is 2.38 bits per heavy atom. The lowest BCUT2D eigenvalue weighted by Gasteiger charge is -2.26. The molecular weight excluding hydrogens is 280 g/mol. The second kappa shape index (κ2) is 5.66. The number of para-hydroxylation sites is 1. The van der Waals surface area contributed by atoms with Gasteiger partial charge in [0, 0.05) is 17.6 Å². The van der Waals surface area contributed by atoms with E-state index in [9.17, 15) is 0 Å². The normalized spacial score (nSPS) is 10.8. The van der Waals surface area contributed by atoms with Gasteiger partial charge < -0.3 is 10.6 Å². The van der Waals surface area contributed by atoms with Gasteiger partial charge in [0.2, 0.25) is 0 Å². The quantitative estimate of drug-likeness (QED) is 0.670. The number of nitrogens with two attached hydrogens (primary N) is 1. The molecule has 0 amide bonds. The number of nitrogen functional groups attached to an aromatic ring is 1. The summed E-state index contributed by atoms with van der Waals surface area (Å²) in [6.45, 7) is 2.93. The Kier molecular flexibility index (Phi) is 3.72. The van der Waals surface area contributed by atoms with E-state index in [-0.39, 0.29) is 0 Å². The Bertz CT molecular complexity index is 778. The molecule has 2 nitrogen and oxygen atoms in total.